The second-order valence-corrected chi connectivity index (χ2v) is 13.8. The minimum Gasteiger partial charge on any atom is -0.192 e. The van der Waals surface area contributed by atoms with Crippen LogP contribution in [-0.2, 0) is 0 Å². The molecule has 0 aliphatic rings. The molecule has 0 N–H and O–H groups in total. The van der Waals surface area contributed by atoms with Crippen molar-refractivity contribution in [1.82, 2.24) is 0 Å². The van der Waals surface area contributed by atoms with Crippen LogP contribution in [0.15, 0.2) is 152 Å². The molecule has 0 unspecified atom stereocenters. The fourth-order valence-corrected chi connectivity index (χ4v) is 9.10. The highest BCUT2D eigenvalue weighted by molar-refractivity contribution is 7.26. The van der Waals surface area contributed by atoms with Crippen LogP contribution in [0.5, 0.6) is 0 Å². The zero-order valence-electron chi connectivity index (χ0n) is 24.7. The fourth-order valence-electron chi connectivity index (χ4n) is 6.72. The zero-order valence-corrected chi connectivity index (χ0v) is 26.3. The molecule has 46 heavy (non-hydrogen) atoms. The summed E-state index contributed by atoms with van der Waals surface area (Å²) in [6, 6.07) is 56.7. The van der Waals surface area contributed by atoms with Gasteiger partial charge in [0, 0.05) is 40.3 Å². The van der Waals surface area contributed by atoms with Gasteiger partial charge in [-0.2, -0.15) is 5.26 Å². The van der Waals surface area contributed by atoms with Gasteiger partial charge in [0.05, 0.1) is 11.6 Å². The lowest BCUT2D eigenvalue weighted by Gasteiger charge is -2.15. The van der Waals surface area contributed by atoms with Crippen LogP contribution in [0.3, 0.4) is 0 Å². The van der Waals surface area contributed by atoms with Gasteiger partial charge in [-0.3, -0.25) is 0 Å². The van der Waals surface area contributed by atoms with Crippen LogP contribution in [-0.4, -0.2) is 0 Å². The van der Waals surface area contributed by atoms with Crippen LogP contribution in [0.2, 0.25) is 0 Å². The summed E-state index contributed by atoms with van der Waals surface area (Å²) in [5, 5.41) is 15.3. The molecule has 0 saturated carbocycles. The van der Waals surface area contributed by atoms with Gasteiger partial charge in [-0.15, -0.1) is 22.7 Å². The Morgan fingerprint density at radius 3 is 1.85 bits per heavy atom. The van der Waals surface area contributed by atoms with E-state index in [0.29, 0.717) is 5.56 Å². The molecule has 0 atom stereocenters. The number of hydrogen-bond donors (Lipinski definition) is 0. The summed E-state index contributed by atoms with van der Waals surface area (Å²) >= 11 is 3.69. The molecule has 9 rings (SSSR count). The average Bonchev–Trinajstić information content (AvgIpc) is 3.69. The van der Waals surface area contributed by atoms with Gasteiger partial charge in [-0.1, -0.05) is 109 Å². The largest absolute Gasteiger partial charge is 0.192 e. The molecule has 0 aliphatic heterocycles. The summed E-state index contributed by atoms with van der Waals surface area (Å²) in [6.45, 7) is 0. The Morgan fingerprint density at radius 2 is 1.02 bits per heavy atom. The molecule has 0 radical (unpaired) electrons. The zero-order chi connectivity index (χ0) is 30.6. The number of thiophene rings is 2. The van der Waals surface area contributed by atoms with Gasteiger partial charge in [0.15, 0.2) is 0 Å². The molecular formula is C43H25NS2. The van der Waals surface area contributed by atoms with Gasteiger partial charge in [0.25, 0.3) is 0 Å². The Bertz CT molecular complexity index is 2650. The van der Waals surface area contributed by atoms with Gasteiger partial charge >= 0.3 is 0 Å². The van der Waals surface area contributed by atoms with Crippen LogP contribution in [0, 0.1) is 11.3 Å². The Balaban J connectivity index is 1.30. The number of nitriles is 1. The lowest BCUT2D eigenvalue weighted by Crippen LogP contribution is -1.90. The van der Waals surface area contributed by atoms with Gasteiger partial charge in [0.2, 0.25) is 0 Å². The second kappa shape index (κ2) is 10.8. The molecule has 0 spiro atoms. The van der Waals surface area contributed by atoms with E-state index >= 15 is 0 Å². The molecule has 2 heterocycles. The highest BCUT2D eigenvalue weighted by Crippen LogP contribution is 2.44. The van der Waals surface area contributed by atoms with E-state index in [0.717, 1.165) is 27.8 Å². The van der Waals surface area contributed by atoms with Crippen molar-refractivity contribution < 1.29 is 0 Å². The third-order valence-corrected chi connectivity index (χ3v) is 11.3. The second-order valence-electron chi connectivity index (χ2n) is 11.6. The van der Waals surface area contributed by atoms with E-state index < -0.39 is 0 Å². The summed E-state index contributed by atoms with van der Waals surface area (Å²) in [5.41, 5.74) is 9.66. The van der Waals surface area contributed by atoms with E-state index in [1.165, 1.54) is 57.0 Å². The van der Waals surface area contributed by atoms with Crippen molar-refractivity contribution in [3.63, 3.8) is 0 Å². The average molecular weight is 620 g/mol. The molecule has 9 aromatic rings. The van der Waals surface area contributed by atoms with Crippen molar-refractivity contribution in [2.24, 2.45) is 0 Å². The number of nitrogens with zero attached hydrogens (tertiary/aromatic N) is 1. The van der Waals surface area contributed by atoms with E-state index in [9.17, 15) is 5.26 Å². The Kier molecular flexibility index (Phi) is 6.31. The van der Waals surface area contributed by atoms with Crippen molar-refractivity contribution in [2.75, 3.05) is 0 Å². The summed E-state index contributed by atoms with van der Waals surface area (Å²) in [4.78, 5) is 0. The number of rotatable bonds is 4. The molecule has 0 amide bonds. The van der Waals surface area contributed by atoms with Crippen molar-refractivity contribution >= 4 is 63.0 Å². The molecule has 0 aliphatic carbocycles. The maximum absolute atomic E-state index is 10.1. The monoisotopic (exact) mass is 619 g/mol. The number of benzene rings is 7. The molecule has 0 fully saturated rings. The molecule has 0 bridgehead atoms. The third-order valence-electron chi connectivity index (χ3n) is 8.90. The topological polar surface area (TPSA) is 23.8 Å². The van der Waals surface area contributed by atoms with Crippen molar-refractivity contribution in [3.05, 3.63) is 157 Å². The molecule has 0 saturated heterocycles. The van der Waals surface area contributed by atoms with Gasteiger partial charge < -0.3 is 0 Å². The van der Waals surface area contributed by atoms with Crippen molar-refractivity contribution in [3.8, 4) is 50.6 Å². The van der Waals surface area contributed by atoms with E-state index in [4.69, 9.17) is 0 Å². The van der Waals surface area contributed by atoms with Crippen LogP contribution < -0.4 is 0 Å². The smallest absolute Gasteiger partial charge is 0.0992 e. The first-order chi connectivity index (χ1) is 22.7. The minimum atomic E-state index is 0.652. The van der Waals surface area contributed by atoms with E-state index in [1.54, 1.807) is 0 Å². The first kappa shape index (κ1) is 26.8. The molecule has 214 valence electrons. The Hall–Kier alpha value is -5.53. The Morgan fingerprint density at radius 1 is 0.370 bits per heavy atom. The lowest BCUT2D eigenvalue weighted by molar-refractivity contribution is 1.48. The fraction of sp³-hybridized carbons (Fsp3) is 0. The molecule has 3 heteroatoms. The van der Waals surface area contributed by atoms with Gasteiger partial charge in [-0.05, 0) is 87.0 Å². The predicted molar refractivity (Wildman–Crippen MR) is 199 cm³/mol. The first-order valence-electron chi connectivity index (χ1n) is 15.3. The van der Waals surface area contributed by atoms with Gasteiger partial charge in [0.1, 0.15) is 0 Å². The van der Waals surface area contributed by atoms with E-state index in [2.05, 4.69) is 127 Å². The molecule has 2 aromatic heterocycles. The summed E-state index contributed by atoms with van der Waals surface area (Å²) < 4.78 is 5.17. The predicted octanol–water partition coefficient (Wildman–Crippen LogP) is 13.0. The van der Waals surface area contributed by atoms with Gasteiger partial charge in [-0.25, -0.2) is 0 Å². The van der Waals surface area contributed by atoms with Crippen LogP contribution in [0.1, 0.15) is 5.56 Å². The Labute approximate surface area is 274 Å². The summed E-state index contributed by atoms with van der Waals surface area (Å²) in [7, 11) is 0. The van der Waals surface area contributed by atoms with Crippen LogP contribution in [0.4, 0.5) is 0 Å². The standard InChI is InChI=1S/C43H25NS2/c44-26-27-21-31(28-9-2-1-3-10-28)23-32(22-27)39-24-29(34-13-8-14-38-36-12-5-7-16-41(36)46-43(34)38)17-19-33(39)30-18-20-37-35-11-4-6-15-40(35)45-42(37)25-30/h1-25H. The molecule has 7 aromatic carbocycles. The van der Waals surface area contributed by atoms with Crippen LogP contribution >= 0.6 is 22.7 Å². The van der Waals surface area contributed by atoms with Crippen molar-refractivity contribution in [2.45, 2.75) is 0 Å². The highest BCUT2D eigenvalue weighted by atomic mass is 32.1. The third kappa shape index (κ3) is 4.43. The van der Waals surface area contributed by atoms with E-state index in [-0.39, 0.29) is 0 Å². The maximum atomic E-state index is 10.1. The minimum absolute atomic E-state index is 0.652. The van der Waals surface area contributed by atoms with E-state index in [1.807, 2.05) is 53.0 Å². The highest BCUT2D eigenvalue weighted by Gasteiger charge is 2.16. The van der Waals surface area contributed by atoms with Crippen molar-refractivity contribution in [1.29, 1.82) is 5.26 Å². The summed E-state index contributed by atoms with van der Waals surface area (Å²) in [5.74, 6) is 0. The molecule has 1 nitrogen and oxygen atoms in total. The number of hydrogen-bond acceptors (Lipinski definition) is 3. The lowest BCUT2D eigenvalue weighted by atomic mass is 9.88. The van der Waals surface area contributed by atoms with Crippen LogP contribution in [0.25, 0.3) is 84.9 Å². The first-order valence-corrected chi connectivity index (χ1v) is 16.9. The quantitative estimate of drug-likeness (QED) is 0.192. The maximum Gasteiger partial charge on any atom is 0.0992 e. The molecular weight excluding hydrogens is 595 g/mol. The SMILES string of the molecule is N#Cc1cc(-c2ccccc2)cc(-c2cc(-c3cccc4c3sc3ccccc34)ccc2-c2ccc3c(c2)sc2ccccc23)c1. The summed E-state index contributed by atoms with van der Waals surface area (Å²) in [6.07, 6.45) is 0. The normalized spacial score (nSPS) is 11.5. The number of fused-ring (bicyclic) bond motifs is 6.